The first kappa shape index (κ1) is 17.5. The maximum absolute atomic E-state index is 12.8. The van der Waals surface area contributed by atoms with Gasteiger partial charge in [-0.05, 0) is 37.6 Å². The summed E-state index contributed by atoms with van der Waals surface area (Å²) in [5.74, 6) is 1.35. The summed E-state index contributed by atoms with van der Waals surface area (Å²) in [5, 5.41) is 3.11. The molecule has 1 fully saturated rings. The molecule has 1 saturated heterocycles. The molecule has 1 aliphatic heterocycles. The van der Waals surface area contributed by atoms with Crippen molar-refractivity contribution in [2.75, 3.05) is 23.4 Å². The Hall–Kier alpha value is -2.35. The molecule has 1 aliphatic rings. The molecule has 7 nitrogen and oxygen atoms in total. The molecule has 0 bridgehead atoms. The zero-order valence-electron chi connectivity index (χ0n) is 14.0. The minimum atomic E-state index is -3.04. The van der Waals surface area contributed by atoms with Crippen LogP contribution in [0.5, 0.6) is 0 Å². The SMILES string of the molecule is CCN(C(=O)c1ccnc(NCc2ccco2)c1)C1CCS(=O)(=O)C1. The van der Waals surface area contributed by atoms with Gasteiger partial charge < -0.3 is 14.6 Å². The van der Waals surface area contributed by atoms with Crippen LogP contribution >= 0.6 is 0 Å². The first-order valence-corrected chi connectivity index (χ1v) is 10.0. The van der Waals surface area contributed by atoms with Crippen molar-refractivity contribution >= 4 is 21.6 Å². The van der Waals surface area contributed by atoms with Gasteiger partial charge in [0, 0.05) is 24.3 Å². The van der Waals surface area contributed by atoms with Gasteiger partial charge >= 0.3 is 0 Å². The smallest absolute Gasteiger partial charge is 0.254 e. The van der Waals surface area contributed by atoms with Gasteiger partial charge in [0.15, 0.2) is 9.84 Å². The Kier molecular flexibility index (Phi) is 5.08. The molecule has 8 heteroatoms. The Morgan fingerprint density at radius 3 is 2.92 bits per heavy atom. The van der Waals surface area contributed by atoms with E-state index < -0.39 is 9.84 Å². The maximum atomic E-state index is 12.8. The van der Waals surface area contributed by atoms with Crippen molar-refractivity contribution in [1.82, 2.24) is 9.88 Å². The van der Waals surface area contributed by atoms with E-state index in [4.69, 9.17) is 4.42 Å². The van der Waals surface area contributed by atoms with Crippen LogP contribution in [-0.2, 0) is 16.4 Å². The molecule has 0 aliphatic carbocycles. The summed E-state index contributed by atoms with van der Waals surface area (Å²) in [7, 11) is -3.04. The predicted molar refractivity (Wildman–Crippen MR) is 94.0 cm³/mol. The molecule has 2 aromatic heterocycles. The summed E-state index contributed by atoms with van der Waals surface area (Å²) in [5.41, 5.74) is 0.489. The number of hydrogen-bond donors (Lipinski definition) is 1. The Bertz CT molecular complexity index is 833. The van der Waals surface area contributed by atoms with E-state index in [0.717, 1.165) is 5.76 Å². The molecule has 1 amide bonds. The number of sulfone groups is 1. The van der Waals surface area contributed by atoms with E-state index in [1.807, 2.05) is 13.0 Å². The number of hydrogen-bond acceptors (Lipinski definition) is 6. The van der Waals surface area contributed by atoms with E-state index in [2.05, 4.69) is 10.3 Å². The molecule has 0 spiro atoms. The second kappa shape index (κ2) is 7.26. The minimum absolute atomic E-state index is 0.0429. The molecule has 0 aromatic carbocycles. The second-order valence-corrected chi connectivity index (χ2v) is 8.24. The van der Waals surface area contributed by atoms with E-state index in [1.165, 1.54) is 0 Å². The summed E-state index contributed by atoms with van der Waals surface area (Å²) >= 11 is 0. The molecule has 1 atom stereocenters. The van der Waals surface area contributed by atoms with Crippen molar-refractivity contribution in [1.29, 1.82) is 0 Å². The van der Waals surface area contributed by atoms with Gasteiger partial charge in [-0.25, -0.2) is 13.4 Å². The number of nitrogens with zero attached hydrogens (tertiary/aromatic N) is 2. The Balaban J connectivity index is 1.71. The zero-order chi connectivity index (χ0) is 17.9. The third kappa shape index (κ3) is 4.19. The van der Waals surface area contributed by atoms with Crippen LogP contribution in [0.25, 0.3) is 0 Å². The van der Waals surface area contributed by atoms with Crippen molar-refractivity contribution in [3.63, 3.8) is 0 Å². The number of carbonyl (C=O) groups excluding carboxylic acids is 1. The fourth-order valence-corrected chi connectivity index (χ4v) is 4.74. The largest absolute Gasteiger partial charge is 0.467 e. The average Bonchev–Trinajstić information content (AvgIpc) is 3.23. The minimum Gasteiger partial charge on any atom is -0.467 e. The lowest BCUT2D eigenvalue weighted by molar-refractivity contribution is 0.0708. The number of carbonyl (C=O) groups is 1. The molecular formula is C17H21N3O4S. The highest BCUT2D eigenvalue weighted by molar-refractivity contribution is 7.91. The molecule has 3 heterocycles. The predicted octanol–water partition coefficient (Wildman–Crippen LogP) is 1.94. The van der Waals surface area contributed by atoms with Crippen LogP contribution < -0.4 is 5.32 Å². The number of rotatable bonds is 6. The first-order valence-electron chi connectivity index (χ1n) is 8.22. The highest BCUT2D eigenvalue weighted by Crippen LogP contribution is 2.20. The quantitative estimate of drug-likeness (QED) is 0.843. The summed E-state index contributed by atoms with van der Waals surface area (Å²) in [6.07, 6.45) is 3.66. The average molecular weight is 363 g/mol. The Labute approximate surface area is 147 Å². The zero-order valence-corrected chi connectivity index (χ0v) is 14.8. The van der Waals surface area contributed by atoms with Crippen molar-refractivity contribution in [3.8, 4) is 0 Å². The van der Waals surface area contributed by atoms with E-state index >= 15 is 0 Å². The number of amides is 1. The first-order chi connectivity index (χ1) is 12.0. The molecule has 134 valence electrons. The molecular weight excluding hydrogens is 342 g/mol. The molecule has 0 radical (unpaired) electrons. The lowest BCUT2D eigenvalue weighted by atomic mass is 10.1. The fraction of sp³-hybridized carbons (Fsp3) is 0.412. The lowest BCUT2D eigenvalue weighted by Crippen LogP contribution is -2.41. The highest BCUT2D eigenvalue weighted by atomic mass is 32.2. The fourth-order valence-electron chi connectivity index (χ4n) is 3.01. The molecule has 2 aromatic rings. The van der Waals surface area contributed by atoms with Crippen LogP contribution in [0.4, 0.5) is 5.82 Å². The van der Waals surface area contributed by atoms with Crippen LogP contribution in [0, 0.1) is 0 Å². The van der Waals surface area contributed by atoms with Gasteiger partial charge in [-0.15, -0.1) is 0 Å². The Morgan fingerprint density at radius 1 is 1.44 bits per heavy atom. The van der Waals surface area contributed by atoms with Gasteiger partial charge in [0.2, 0.25) is 0 Å². The summed E-state index contributed by atoms with van der Waals surface area (Å²) in [6, 6.07) is 6.72. The van der Waals surface area contributed by atoms with Crippen LogP contribution in [0.15, 0.2) is 41.1 Å². The molecule has 3 rings (SSSR count). The standard InChI is InChI=1S/C17H21N3O4S/c1-2-20(14-6-9-25(22,23)12-14)17(21)13-5-7-18-16(10-13)19-11-15-4-3-8-24-15/h3-5,7-8,10,14H,2,6,9,11-12H2,1H3,(H,18,19). The third-order valence-corrected chi connectivity index (χ3v) is 6.03. The van der Waals surface area contributed by atoms with E-state index in [1.54, 1.807) is 35.6 Å². The van der Waals surface area contributed by atoms with Crippen LogP contribution in [0.3, 0.4) is 0 Å². The van der Waals surface area contributed by atoms with E-state index in [9.17, 15) is 13.2 Å². The summed E-state index contributed by atoms with van der Waals surface area (Å²) in [4.78, 5) is 18.7. The second-order valence-electron chi connectivity index (χ2n) is 6.01. The van der Waals surface area contributed by atoms with E-state index in [0.29, 0.717) is 30.9 Å². The number of anilines is 1. The summed E-state index contributed by atoms with van der Waals surface area (Å²) in [6.45, 7) is 2.80. The number of aromatic nitrogens is 1. The van der Waals surface area contributed by atoms with Gasteiger partial charge in [0.1, 0.15) is 11.6 Å². The highest BCUT2D eigenvalue weighted by Gasteiger charge is 2.34. The van der Waals surface area contributed by atoms with Crippen LogP contribution in [0.1, 0.15) is 29.5 Å². The molecule has 0 saturated carbocycles. The number of nitrogens with one attached hydrogen (secondary N) is 1. The number of furan rings is 1. The van der Waals surface area contributed by atoms with Gasteiger partial charge in [-0.2, -0.15) is 0 Å². The topological polar surface area (TPSA) is 92.5 Å². The monoisotopic (exact) mass is 363 g/mol. The van der Waals surface area contributed by atoms with Crippen molar-refractivity contribution < 1.29 is 17.6 Å². The van der Waals surface area contributed by atoms with Gasteiger partial charge in [0.05, 0.1) is 24.3 Å². The van der Waals surface area contributed by atoms with Crippen molar-refractivity contribution in [3.05, 3.63) is 48.0 Å². The third-order valence-electron chi connectivity index (χ3n) is 4.28. The maximum Gasteiger partial charge on any atom is 0.254 e. The van der Waals surface area contributed by atoms with E-state index in [-0.39, 0.29) is 23.5 Å². The van der Waals surface area contributed by atoms with Gasteiger partial charge in [-0.1, -0.05) is 0 Å². The van der Waals surface area contributed by atoms with Gasteiger partial charge in [0.25, 0.3) is 5.91 Å². The lowest BCUT2D eigenvalue weighted by Gasteiger charge is -2.27. The van der Waals surface area contributed by atoms with Crippen LogP contribution in [-0.4, -0.2) is 48.3 Å². The summed E-state index contributed by atoms with van der Waals surface area (Å²) < 4.78 is 28.7. The molecule has 1 N–H and O–H groups in total. The number of pyridine rings is 1. The van der Waals surface area contributed by atoms with Crippen molar-refractivity contribution in [2.24, 2.45) is 0 Å². The molecule has 1 unspecified atom stereocenters. The Morgan fingerprint density at radius 2 is 2.28 bits per heavy atom. The molecule has 25 heavy (non-hydrogen) atoms. The van der Waals surface area contributed by atoms with Gasteiger partial charge in [-0.3, -0.25) is 4.79 Å². The van der Waals surface area contributed by atoms with Crippen LogP contribution in [0.2, 0.25) is 0 Å². The van der Waals surface area contributed by atoms with Crippen molar-refractivity contribution in [2.45, 2.75) is 25.9 Å². The normalized spacial score (nSPS) is 18.8.